The largest absolute Gasteiger partial charge is 0.481 e. The number of carboxylic acids is 1. The van der Waals surface area contributed by atoms with E-state index in [0.717, 1.165) is 32.1 Å². The average molecular weight is 354 g/mol. The minimum Gasteiger partial charge on any atom is -0.481 e. The van der Waals surface area contributed by atoms with Crippen LogP contribution in [0.1, 0.15) is 77.6 Å². The summed E-state index contributed by atoms with van der Waals surface area (Å²) < 4.78 is 5.05. The summed E-state index contributed by atoms with van der Waals surface area (Å²) >= 11 is 0. The van der Waals surface area contributed by atoms with Crippen molar-refractivity contribution in [3.8, 4) is 0 Å². The highest BCUT2D eigenvalue weighted by atomic mass is 16.5. The molecule has 0 aromatic rings. The molecule has 25 heavy (non-hydrogen) atoms. The maximum atomic E-state index is 13.0. The Labute approximate surface area is 151 Å². The first-order chi connectivity index (χ1) is 12.0. The number of amides is 1. The molecule has 144 valence electrons. The maximum absolute atomic E-state index is 13.0. The molecule has 0 heterocycles. The number of carboxylic acid groups (broad SMARTS) is 1. The summed E-state index contributed by atoms with van der Waals surface area (Å²) in [4.78, 5) is 24.6. The first kappa shape index (κ1) is 20.2. The highest BCUT2D eigenvalue weighted by Crippen LogP contribution is 2.45. The molecule has 5 heteroatoms. The van der Waals surface area contributed by atoms with Crippen molar-refractivity contribution in [2.45, 2.75) is 83.6 Å². The predicted molar refractivity (Wildman–Crippen MR) is 97.3 cm³/mol. The molecular weight excluding hydrogens is 318 g/mol. The standard InChI is InChI=1S/C20H35NO4/c1-3-4-5-8-15-13-17(15)21-19(24)20(10-6-7-11-20)14-16(18(22)23)9-12-25-2/h15-17H,3-14H2,1-2H3,(H,21,24)(H,22,23). The van der Waals surface area contributed by atoms with Gasteiger partial charge in [0.25, 0.3) is 0 Å². The normalized spacial score (nSPS) is 25.5. The van der Waals surface area contributed by atoms with Gasteiger partial charge in [-0.1, -0.05) is 39.0 Å². The Morgan fingerprint density at radius 1 is 1.28 bits per heavy atom. The van der Waals surface area contributed by atoms with E-state index in [1.165, 1.54) is 25.7 Å². The molecule has 0 aromatic heterocycles. The monoisotopic (exact) mass is 353 g/mol. The van der Waals surface area contributed by atoms with Crippen molar-refractivity contribution in [3.63, 3.8) is 0 Å². The van der Waals surface area contributed by atoms with Gasteiger partial charge >= 0.3 is 5.97 Å². The van der Waals surface area contributed by atoms with E-state index in [1.807, 2.05) is 0 Å². The van der Waals surface area contributed by atoms with Crippen molar-refractivity contribution >= 4 is 11.9 Å². The van der Waals surface area contributed by atoms with Crippen LogP contribution in [0.4, 0.5) is 0 Å². The van der Waals surface area contributed by atoms with Crippen LogP contribution in [-0.2, 0) is 14.3 Å². The molecule has 2 N–H and O–H groups in total. The van der Waals surface area contributed by atoms with E-state index in [9.17, 15) is 14.7 Å². The van der Waals surface area contributed by atoms with E-state index in [1.54, 1.807) is 7.11 Å². The van der Waals surface area contributed by atoms with Crippen LogP contribution in [0.5, 0.6) is 0 Å². The van der Waals surface area contributed by atoms with E-state index >= 15 is 0 Å². The fourth-order valence-corrected chi connectivity index (χ4v) is 4.34. The van der Waals surface area contributed by atoms with E-state index < -0.39 is 17.3 Å². The molecule has 3 unspecified atom stereocenters. The van der Waals surface area contributed by atoms with Crippen LogP contribution >= 0.6 is 0 Å². The number of hydrogen-bond donors (Lipinski definition) is 2. The average Bonchev–Trinajstić information content (AvgIpc) is 3.13. The fraction of sp³-hybridized carbons (Fsp3) is 0.900. The van der Waals surface area contributed by atoms with Crippen molar-refractivity contribution in [3.05, 3.63) is 0 Å². The molecule has 0 aromatic carbocycles. The van der Waals surface area contributed by atoms with E-state index in [4.69, 9.17) is 4.74 Å². The summed E-state index contributed by atoms with van der Waals surface area (Å²) in [6, 6.07) is 0.323. The first-order valence-corrected chi connectivity index (χ1v) is 10.0. The van der Waals surface area contributed by atoms with E-state index in [0.29, 0.717) is 31.4 Å². The highest BCUT2D eigenvalue weighted by molar-refractivity contribution is 5.84. The molecule has 2 aliphatic carbocycles. The van der Waals surface area contributed by atoms with Crippen molar-refractivity contribution in [2.24, 2.45) is 17.3 Å². The van der Waals surface area contributed by atoms with Crippen LogP contribution in [0.15, 0.2) is 0 Å². The molecular formula is C20H35NO4. The minimum absolute atomic E-state index is 0.108. The first-order valence-electron chi connectivity index (χ1n) is 10.0. The summed E-state index contributed by atoms with van der Waals surface area (Å²) in [7, 11) is 1.59. The van der Waals surface area contributed by atoms with Gasteiger partial charge in [-0.15, -0.1) is 0 Å². The zero-order chi connectivity index (χ0) is 18.3. The molecule has 0 aliphatic heterocycles. The lowest BCUT2D eigenvalue weighted by atomic mass is 9.76. The lowest BCUT2D eigenvalue weighted by Crippen LogP contribution is -2.43. The second-order valence-electron chi connectivity index (χ2n) is 8.08. The second-order valence-corrected chi connectivity index (χ2v) is 8.08. The number of aliphatic carboxylic acids is 1. The van der Waals surface area contributed by atoms with Crippen molar-refractivity contribution in [2.75, 3.05) is 13.7 Å². The second kappa shape index (κ2) is 9.56. The molecule has 0 bridgehead atoms. The number of carbonyl (C=O) groups is 2. The number of hydrogen-bond acceptors (Lipinski definition) is 3. The zero-order valence-corrected chi connectivity index (χ0v) is 15.9. The Kier molecular flexibility index (Phi) is 7.73. The van der Waals surface area contributed by atoms with Crippen molar-refractivity contribution < 1.29 is 19.4 Å². The lowest BCUT2D eigenvalue weighted by molar-refractivity contribution is -0.145. The summed E-state index contributed by atoms with van der Waals surface area (Å²) in [5, 5.41) is 12.8. The zero-order valence-electron chi connectivity index (χ0n) is 15.9. The van der Waals surface area contributed by atoms with Gasteiger partial charge < -0.3 is 15.2 Å². The summed E-state index contributed by atoms with van der Waals surface area (Å²) in [5.41, 5.74) is -0.479. The van der Waals surface area contributed by atoms with Gasteiger partial charge in [-0.05, 0) is 44.4 Å². The Morgan fingerprint density at radius 2 is 2.00 bits per heavy atom. The van der Waals surface area contributed by atoms with E-state index in [2.05, 4.69) is 12.2 Å². The van der Waals surface area contributed by atoms with Crippen LogP contribution in [0, 0.1) is 17.3 Å². The molecule has 2 rings (SSSR count). The van der Waals surface area contributed by atoms with Gasteiger partial charge in [0, 0.05) is 19.8 Å². The van der Waals surface area contributed by atoms with Gasteiger partial charge in [-0.25, -0.2) is 0 Å². The Hall–Kier alpha value is -1.10. The third-order valence-electron chi connectivity index (χ3n) is 6.12. The van der Waals surface area contributed by atoms with Crippen LogP contribution < -0.4 is 5.32 Å². The van der Waals surface area contributed by atoms with Gasteiger partial charge in [0.15, 0.2) is 0 Å². The van der Waals surface area contributed by atoms with E-state index in [-0.39, 0.29) is 5.91 Å². The van der Waals surface area contributed by atoms with Gasteiger partial charge in [-0.2, -0.15) is 0 Å². The summed E-state index contributed by atoms with van der Waals surface area (Å²) in [5.74, 6) is -0.558. The molecule has 3 atom stereocenters. The van der Waals surface area contributed by atoms with Crippen LogP contribution in [0.25, 0.3) is 0 Å². The third kappa shape index (κ3) is 5.70. The van der Waals surface area contributed by atoms with Crippen molar-refractivity contribution in [1.82, 2.24) is 5.32 Å². The van der Waals surface area contributed by atoms with Gasteiger partial charge in [0.2, 0.25) is 5.91 Å². The molecule has 5 nitrogen and oxygen atoms in total. The topological polar surface area (TPSA) is 75.6 Å². The number of methoxy groups -OCH3 is 1. The molecule has 2 saturated carbocycles. The van der Waals surface area contributed by atoms with Crippen LogP contribution in [0.3, 0.4) is 0 Å². The molecule has 0 radical (unpaired) electrons. The summed E-state index contributed by atoms with van der Waals surface area (Å²) in [6.45, 7) is 2.63. The number of ether oxygens (including phenoxy) is 1. The minimum atomic E-state index is -0.806. The lowest BCUT2D eigenvalue weighted by Gasteiger charge is -2.30. The Balaban J connectivity index is 1.90. The molecule has 2 fully saturated rings. The van der Waals surface area contributed by atoms with Crippen LogP contribution in [0.2, 0.25) is 0 Å². The Bertz CT molecular complexity index is 445. The smallest absolute Gasteiger partial charge is 0.306 e. The molecule has 2 aliphatic rings. The number of rotatable bonds is 12. The molecule has 1 amide bonds. The fourth-order valence-electron chi connectivity index (χ4n) is 4.34. The van der Waals surface area contributed by atoms with Crippen LogP contribution in [-0.4, -0.2) is 36.7 Å². The number of unbranched alkanes of at least 4 members (excludes halogenated alkanes) is 2. The highest BCUT2D eigenvalue weighted by Gasteiger charge is 2.47. The predicted octanol–water partition coefficient (Wildman–Crippen LogP) is 3.76. The molecule has 0 saturated heterocycles. The molecule has 0 spiro atoms. The van der Waals surface area contributed by atoms with Gasteiger partial charge in [0.1, 0.15) is 0 Å². The number of carbonyl (C=O) groups excluding carboxylic acids is 1. The SMILES string of the molecule is CCCCCC1CC1NC(=O)C1(CC(CCOC)C(=O)O)CCCC1. The van der Waals surface area contributed by atoms with Gasteiger partial charge in [0.05, 0.1) is 11.3 Å². The summed E-state index contributed by atoms with van der Waals surface area (Å²) in [6.07, 6.45) is 10.7. The Morgan fingerprint density at radius 3 is 2.60 bits per heavy atom. The quantitative estimate of drug-likeness (QED) is 0.524. The third-order valence-corrected chi connectivity index (χ3v) is 6.12. The van der Waals surface area contributed by atoms with Crippen molar-refractivity contribution in [1.29, 1.82) is 0 Å². The maximum Gasteiger partial charge on any atom is 0.306 e. The van der Waals surface area contributed by atoms with Gasteiger partial charge in [-0.3, -0.25) is 9.59 Å². The number of nitrogens with one attached hydrogen (secondary N) is 1.